The van der Waals surface area contributed by atoms with Gasteiger partial charge in [-0.15, -0.1) is 11.3 Å². The molecule has 0 saturated heterocycles. The molecule has 19 heavy (non-hydrogen) atoms. The number of hydrogen-bond acceptors (Lipinski definition) is 4. The first-order valence-electron chi connectivity index (χ1n) is 7.22. The minimum atomic E-state index is 0.519. The van der Waals surface area contributed by atoms with Gasteiger partial charge in [-0.05, 0) is 18.8 Å². The van der Waals surface area contributed by atoms with E-state index in [-0.39, 0.29) is 0 Å². The molecule has 110 valence electrons. The van der Waals surface area contributed by atoms with E-state index in [1.165, 1.54) is 15.6 Å². The summed E-state index contributed by atoms with van der Waals surface area (Å²) < 4.78 is 5.11. The van der Waals surface area contributed by atoms with Crippen LogP contribution in [0.5, 0.6) is 0 Å². The number of aromatic nitrogens is 1. The topological polar surface area (TPSA) is 34.1 Å². The van der Waals surface area contributed by atoms with Gasteiger partial charge in [-0.25, -0.2) is 4.98 Å². The van der Waals surface area contributed by atoms with Gasteiger partial charge >= 0.3 is 0 Å². The molecule has 4 heteroatoms. The summed E-state index contributed by atoms with van der Waals surface area (Å²) in [6.45, 7) is 10.6. The molecule has 0 bridgehead atoms. The molecule has 0 aliphatic carbocycles. The van der Waals surface area contributed by atoms with Crippen LogP contribution >= 0.6 is 11.3 Å². The Morgan fingerprint density at radius 1 is 1.26 bits per heavy atom. The summed E-state index contributed by atoms with van der Waals surface area (Å²) in [5, 5.41) is 4.76. The molecular weight excluding hydrogens is 256 g/mol. The van der Waals surface area contributed by atoms with E-state index in [1.54, 1.807) is 7.11 Å². The van der Waals surface area contributed by atoms with Gasteiger partial charge in [-0.2, -0.15) is 0 Å². The van der Waals surface area contributed by atoms with Crippen molar-refractivity contribution in [3.63, 3.8) is 0 Å². The summed E-state index contributed by atoms with van der Waals surface area (Å²) in [4.78, 5) is 6.23. The van der Waals surface area contributed by atoms with Crippen molar-refractivity contribution in [1.82, 2.24) is 10.3 Å². The molecule has 0 aliphatic rings. The largest absolute Gasteiger partial charge is 0.385 e. The Morgan fingerprint density at radius 3 is 2.58 bits per heavy atom. The second kappa shape index (κ2) is 8.67. The van der Waals surface area contributed by atoms with E-state index >= 15 is 0 Å². The lowest BCUT2D eigenvalue weighted by molar-refractivity contribution is 0.195. The number of rotatable bonds is 9. The summed E-state index contributed by atoms with van der Waals surface area (Å²) in [6, 6.07) is 0.519. The number of nitrogens with zero attached hydrogens (tertiary/aromatic N) is 1. The Morgan fingerprint density at radius 2 is 2.00 bits per heavy atom. The van der Waals surface area contributed by atoms with Crippen LogP contribution < -0.4 is 5.32 Å². The normalized spacial score (nSPS) is 11.7. The summed E-state index contributed by atoms with van der Waals surface area (Å²) >= 11 is 1.86. The molecular formula is C15H28N2OS. The van der Waals surface area contributed by atoms with Crippen LogP contribution in [-0.2, 0) is 24.1 Å². The Bertz CT molecular complexity index is 361. The smallest absolute Gasteiger partial charge is 0.0932 e. The highest BCUT2D eigenvalue weighted by Gasteiger charge is 2.12. The van der Waals surface area contributed by atoms with Crippen LogP contribution in [-0.4, -0.2) is 24.7 Å². The molecule has 1 aromatic rings. The number of nitrogens with one attached hydrogen (secondary N) is 1. The molecule has 0 atom stereocenters. The average molecular weight is 284 g/mol. The molecule has 0 radical (unpaired) electrons. The molecule has 0 aliphatic heterocycles. The molecule has 1 heterocycles. The maximum Gasteiger partial charge on any atom is 0.0932 e. The van der Waals surface area contributed by atoms with Crippen LogP contribution in [0.25, 0.3) is 0 Å². The molecule has 0 fully saturated rings. The maximum absolute atomic E-state index is 5.11. The zero-order valence-corrected chi connectivity index (χ0v) is 13.8. The van der Waals surface area contributed by atoms with Crippen LogP contribution in [0.4, 0.5) is 0 Å². The highest BCUT2D eigenvalue weighted by Crippen LogP contribution is 2.22. The Labute approximate surface area is 121 Å². The van der Waals surface area contributed by atoms with Crippen molar-refractivity contribution < 1.29 is 4.74 Å². The van der Waals surface area contributed by atoms with Crippen molar-refractivity contribution in [3.8, 4) is 0 Å². The number of ether oxygens (including phenoxy) is 1. The molecule has 1 rings (SSSR count). The van der Waals surface area contributed by atoms with Gasteiger partial charge in [-0.3, -0.25) is 0 Å². The molecule has 1 N–H and O–H groups in total. The zero-order valence-electron chi connectivity index (χ0n) is 13.0. The highest BCUT2D eigenvalue weighted by atomic mass is 32.1. The third kappa shape index (κ3) is 6.50. The summed E-state index contributed by atoms with van der Waals surface area (Å²) in [7, 11) is 1.75. The van der Waals surface area contributed by atoms with E-state index in [0.29, 0.717) is 12.0 Å². The zero-order chi connectivity index (χ0) is 14.3. The predicted molar refractivity (Wildman–Crippen MR) is 82.8 cm³/mol. The second-order valence-corrected chi connectivity index (χ2v) is 6.88. The van der Waals surface area contributed by atoms with Gasteiger partial charge in [0, 0.05) is 37.6 Å². The van der Waals surface area contributed by atoms with Crippen molar-refractivity contribution in [2.45, 2.75) is 59.5 Å². The fourth-order valence-electron chi connectivity index (χ4n) is 1.89. The van der Waals surface area contributed by atoms with Gasteiger partial charge in [0.1, 0.15) is 0 Å². The van der Waals surface area contributed by atoms with Gasteiger partial charge in [-0.1, -0.05) is 27.7 Å². The number of hydrogen-bond donors (Lipinski definition) is 1. The first-order chi connectivity index (χ1) is 9.02. The number of aryl methyl sites for hydroxylation is 1. The van der Waals surface area contributed by atoms with E-state index in [2.05, 4.69) is 33.0 Å². The summed E-state index contributed by atoms with van der Waals surface area (Å²) in [5.41, 5.74) is 1.29. The summed E-state index contributed by atoms with van der Waals surface area (Å²) in [6.07, 6.45) is 3.17. The first kappa shape index (κ1) is 16.6. The van der Waals surface area contributed by atoms with Crippen LogP contribution in [0.1, 0.15) is 49.7 Å². The van der Waals surface area contributed by atoms with Gasteiger partial charge in [0.05, 0.1) is 10.7 Å². The predicted octanol–water partition coefficient (Wildman–Crippen LogP) is 3.42. The second-order valence-electron chi connectivity index (χ2n) is 5.71. The van der Waals surface area contributed by atoms with Gasteiger partial charge in [0.15, 0.2) is 0 Å². The van der Waals surface area contributed by atoms with Gasteiger partial charge in [0.2, 0.25) is 0 Å². The Balaban J connectivity index is 2.67. The van der Waals surface area contributed by atoms with Crippen molar-refractivity contribution >= 4 is 11.3 Å². The summed E-state index contributed by atoms with van der Waals surface area (Å²) in [5.74, 6) is 0.659. The monoisotopic (exact) mass is 284 g/mol. The van der Waals surface area contributed by atoms with E-state index < -0.39 is 0 Å². The van der Waals surface area contributed by atoms with E-state index in [1.807, 2.05) is 11.3 Å². The molecule has 0 saturated carbocycles. The fraction of sp³-hybridized carbons (Fsp3) is 0.800. The quantitative estimate of drug-likeness (QED) is 0.706. The van der Waals surface area contributed by atoms with Crippen LogP contribution in [0.3, 0.4) is 0 Å². The van der Waals surface area contributed by atoms with Gasteiger partial charge in [0.25, 0.3) is 0 Å². The Kier molecular flexibility index (Phi) is 7.57. The van der Waals surface area contributed by atoms with E-state index in [0.717, 1.165) is 32.4 Å². The number of thiazole rings is 1. The lowest BCUT2D eigenvalue weighted by atomic mass is 10.1. The standard InChI is InChI=1S/C15H28N2OS/c1-11(2)9-13-14(10-16-12(3)4)19-15(17-13)7-6-8-18-5/h11-12,16H,6-10H2,1-5H3. The maximum atomic E-state index is 5.11. The third-order valence-electron chi connectivity index (χ3n) is 2.83. The Hall–Kier alpha value is -0.450. The lowest BCUT2D eigenvalue weighted by Crippen LogP contribution is -2.22. The highest BCUT2D eigenvalue weighted by molar-refractivity contribution is 7.11. The molecule has 0 spiro atoms. The molecule has 1 aromatic heterocycles. The van der Waals surface area contributed by atoms with Crippen LogP contribution in [0.15, 0.2) is 0 Å². The SMILES string of the molecule is COCCCc1nc(CC(C)C)c(CNC(C)C)s1. The molecule has 0 aromatic carbocycles. The fourth-order valence-corrected chi connectivity index (χ4v) is 2.98. The van der Waals surface area contributed by atoms with E-state index in [4.69, 9.17) is 9.72 Å². The lowest BCUT2D eigenvalue weighted by Gasteiger charge is -2.08. The van der Waals surface area contributed by atoms with Crippen molar-refractivity contribution in [2.24, 2.45) is 5.92 Å². The minimum absolute atomic E-state index is 0.519. The van der Waals surface area contributed by atoms with Crippen molar-refractivity contribution in [1.29, 1.82) is 0 Å². The van der Waals surface area contributed by atoms with E-state index in [9.17, 15) is 0 Å². The van der Waals surface area contributed by atoms with Crippen molar-refractivity contribution in [3.05, 3.63) is 15.6 Å². The van der Waals surface area contributed by atoms with Gasteiger partial charge < -0.3 is 10.1 Å². The van der Waals surface area contributed by atoms with Crippen LogP contribution in [0.2, 0.25) is 0 Å². The molecule has 0 amide bonds. The molecule has 0 unspecified atom stereocenters. The minimum Gasteiger partial charge on any atom is -0.385 e. The third-order valence-corrected chi connectivity index (χ3v) is 3.99. The first-order valence-corrected chi connectivity index (χ1v) is 8.04. The number of methoxy groups -OCH3 is 1. The molecule has 3 nitrogen and oxygen atoms in total. The average Bonchev–Trinajstić information content (AvgIpc) is 2.68. The van der Waals surface area contributed by atoms with Crippen LogP contribution in [0, 0.1) is 5.92 Å². The van der Waals surface area contributed by atoms with Crippen molar-refractivity contribution in [2.75, 3.05) is 13.7 Å².